The monoisotopic (exact) mass is 487 g/mol. The van der Waals surface area contributed by atoms with Gasteiger partial charge in [0, 0.05) is 31.4 Å². The lowest BCUT2D eigenvalue weighted by Gasteiger charge is -2.29. The normalized spacial score (nSPS) is 22.6. The topological polar surface area (TPSA) is 121 Å². The lowest BCUT2D eigenvalue weighted by molar-refractivity contribution is -0.134. The maximum atomic E-state index is 13.7. The first-order valence-electron chi connectivity index (χ1n) is 12.1. The number of carbonyl (C=O) groups excluding carboxylic acids is 2. The van der Waals surface area contributed by atoms with Crippen LogP contribution in [-0.2, 0) is 9.59 Å². The van der Waals surface area contributed by atoms with Crippen molar-refractivity contribution in [2.24, 2.45) is 10.9 Å². The Balaban J connectivity index is 1.39. The van der Waals surface area contributed by atoms with Crippen molar-refractivity contribution >= 4 is 17.6 Å². The summed E-state index contributed by atoms with van der Waals surface area (Å²) in [4.78, 5) is 37.0. The van der Waals surface area contributed by atoms with Crippen molar-refractivity contribution in [3.63, 3.8) is 0 Å². The third kappa shape index (κ3) is 4.54. The van der Waals surface area contributed by atoms with E-state index in [1.165, 1.54) is 0 Å². The average Bonchev–Trinajstić information content (AvgIpc) is 3.58. The molecule has 186 valence electrons. The summed E-state index contributed by atoms with van der Waals surface area (Å²) in [6.07, 6.45) is 3.11. The molecule has 3 aromatic rings. The number of rotatable bonds is 6. The first-order chi connectivity index (χ1) is 17.3. The molecule has 2 amide bonds. The van der Waals surface area contributed by atoms with Crippen LogP contribution in [0.3, 0.4) is 0 Å². The highest BCUT2D eigenvalue weighted by molar-refractivity contribution is 6.09. The van der Waals surface area contributed by atoms with E-state index in [2.05, 4.69) is 20.4 Å². The number of amidine groups is 1. The molecule has 36 heavy (non-hydrogen) atoms. The number of benzene rings is 1. The third-order valence-corrected chi connectivity index (χ3v) is 6.75. The van der Waals surface area contributed by atoms with Gasteiger partial charge in [-0.25, -0.2) is 0 Å². The molecule has 4 heterocycles. The Bertz CT molecular complexity index is 1290. The molecule has 2 unspecified atom stereocenters. The minimum Gasteiger partial charge on any atom is -0.391 e. The molecule has 2 N–H and O–H groups in total. The van der Waals surface area contributed by atoms with E-state index in [9.17, 15) is 14.7 Å². The molecular weight excluding hydrogens is 458 g/mol. The molecule has 2 aliphatic heterocycles. The van der Waals surface area contributed by atoms with Gasteiger partial charge in [-0.05, 0) is 35.6 Å². The quantitative estimate of drug-likeness (QED) is 0.551. The Morgan fingerprint density at radius 1 is 1.19 bits per heavy atom. The summed E-state index contributed by atoms with van der Waals surface area (Å²) >= 11 is 0. The first kappa shape index (κ1) is 23.9. The van der Waals surface area contributed by atoms with Crippen LogP contribution < -0.4 is 5.32 Å². The van der Waals surface area contributed by atoms with Crippen molar-refractivity contribution < 1.29 is 19.2 Å². The van der Waals surface area contributed by atoms with Gasteiger partial charge >= 0.3 is 0 Å². The molecule has 0 aliphatic carbocycles. The van der Waals surface area contributed by atoms with E-state index in [1.54, 1.807) is 23.4 Å². The van der Waals surface area contributed by atoms with Crippen molar-refractivity contribution in [3.8, 4) is 11.1 Å². The van der Waals surface area contributed by atoms with Gasteiger partial charge in [0.05, 0.1) is 17.8 Å². The second-order valence-electron chi connectivity index (χ2n) is 9.76. The number of amides is 2. The number of hydrogen-bond donors (Lipinski definition) is 2. The lowest BCUT2D eigenvalue weighted by atomic mass is 9.91. The number of aliphatic imine (C=N–C) groups is 1. The standard InChI is InChI=1S/C27H29N5O4/c1-15(2)23(22-11-16(3)31-36-22)27(35)32-14-20(33)12-21(32)25-29-24(26(34)30-25)18-8-6-17(7-9-18)19-5-4-10-28-13-19/h4-11,13,15,20-21,23-24,33H,12,14H2,1-3H3,(H,29,30,34)/t20-,21+,23?,24?/m1/s1. The maximum Gasteiger partial charge on any atom is 0.254 e. The summed E-state index contributed by atoms with van der Waals surface area (Å²) in [5.41, 5.74) is 3.43. The molecule has 9 nitrogen and oxygen atoms in total. The predicted octanol–water partition coefficient (Wildman–Crippen LogP) is 3.02. The molecule has 4 atom stereocenters. The van der Waals surface area contributed by atoms with Crippen LogP contribution in [0.5, 0.6) is 0 Å². The number of aliphatic hydroxyl groups is 1. The number of carbonyl (C=O) groups is 2. The summed E-state index contributed by atoms with van der Waals surface area (Å²) in [5, 5.41) is 17.3. The number of likely N-dealkylation sites (tertiary alicyclic amines) is 1. The van der Waals surface area contributed by atoms with Gasteiger partial charge in [0.25, 0.3) is 5.91 Å². The van der Waals surface area contributed by atoms with Crippen LogP contribution in [0.4, 0.5) is 0 Å². The Morgan fingerprint density at radius 2 is 1.97 bits per heavy atom. The summed E-state index contributed by atoms with van der Waals surface area (Å²) in [7, 11) is 0. The van der Waals surface area contributed by atoms with E-state index in [1.807, 2.05) is 57.2 Å². The van der Waals surface area contributed by atoms with Crippen LogP contribution in [0, 0.1) is 12.8 Å². The average molecular weight is 488 g/mol. The second-order valence-corrected chi connectivity index (χ2v) is 9.76. The van der Waals surface area contributed by atoms with Gasteiger partial charge < -0.3 is 19.8 Å². The molecular formula is C27H29N5O4. The Labute approximate surface area is 209 Å². The van der Waals surface area contributed by atoms with Crippen molar-refractivity contribution in [2.45, 2.75) is 51.3 Å². The van der Waals surface area contributed by atoms with Crippen molar-refractivity contribution in [1.29, 1.82) is 0 Å². The Kier molecular flexibility index (Phi) is 6.40. The molecule has 1 aromatic carbocycles. The van der Waals surface area contributed by atoms with Gasteiger partial charge in [-0.15, -0.1) is 0 Å². The molecule has 0 radical (unpaired) electrons. The maximum absolute atomic E-state index is 13.7. The van der Waals surface area contributed by atoms with Crippen LogP contribution in [0.25, 0.3) is 11.1 Å². The van der Waals surface area contributed by atoms with E-state index in [-0.39, 0.29) is 24.3 Å². The van der Waals surface area contributed by atoms with E-state index in [4.69, 9.17) is 4.52 Å². The molecule has 0 bridgehead atoms. The summed E-state index contributed by atoms with van der Waals surface area (Å²) in [6.45, 7) is 5.87. The van der Waals surface area contributed by atoms with E-state index < -0.39 is 24.1 Å². The number of nitrogens with one attached hydrogen (secondary N) is 1. The van der Waals surface area contributed by atoms with Gasteiger partial charge in [-0.3, -0.25) is 19.6 Å². The molecule has 9 heteroatoms. The number of hydrogen-bond acceptors (Lipinski definition) is 7. The van der Waals surface area contributed by atoms with E-state index >= 15 is 0 Å². The van der Waals surface area contributed by atoms with E-state index in [0.29, 0.717) is 23.7 Å². The SMILES string of the molecule is Cc1cc(C(C(=O)N2C[C@H](O)C[C@H]2C2=NC(c3ccc(-c4cccnc4)cc3)C(=O)N2)C(C)C)on1. The fourth-order valence-corrected chi connectivity index (χ4v) is 4.97. The summed E-state index contributed by atoms with van der Waals surface area (Å²) in [5.74, 6) is -0.121. The first-order valence-corrected chi connectivity index (χ1v) is 12.1. The smallest absolute Gasteiger partial charge is 0.254 e. The molecule has 2 aromatic heterocycles. The summed E-state index contributed by atoms with van der Waals surface area (Å²) < 4.78 is 5.43. The van der Waals surface area contributed by atoms with Gasteiger partial charge in [-0.1, -0.05) is 49.3 Å². The fraction of sp³-hybridized carbons (Fsp3) is 0.370. The van der Waals surface area contributed by atoms with Crippen LogP contribution in [-0.4, -0.2) is 56.5 Å². The number of aryl methyl sites for hydroxylation is 1. The fourth-order valence-electron chi connectivity index (χ4n) is 4.97. The van der Waals surface area contributed by atoms with Crippen molar-refractivity contribution in [1.82, 2.24) is 20.4 Å². The predicted molar refractivity (Wildman–Crippen MR) is 133 cm³/mol. The zero-order chi connectivity index (χ0) is 25.4. The largest absolute Gasteiger partial charge is 0.391 e. The molecule has 0 spiro atoms. The Hall–Kier alpha value is -3.85. The van der Waals surface area contributed by atoms with Gasteiger partial charge in [0.1, 0.15) is 17.5 Å². The van der Waals surface area contributed by atoms with Crippen LogP contribution in [0.1, 0.15) is 49.2 Å². The zero-order valence-corrected chi connectivity index (χ0v) is 20.5. The van der Waals surface area contributed by atoms with Crippen molar-refractivity contribution in [2.75, 3.05) is 6.54 Å². The zero-order valence-electron chi connectivity index (χ0n) is 20.5. The highest BCUT2D eigenvalue weighted by Gasteiger charge is 2.44. The number of aromatic nitrogens is 2. The highest BCUT2D eigenvalue weighted by Crippen LogP contribution is 2.33. The van der Waals surface area contributed by atoms with Crippen molar-refractivity contribution in [3.05, 3.63) is 71.9 Å². The van der Waals surface area contributed by atoms with Crippen LogP contribution in [0.15, 0.2) is 64.4 Å². The molecule has 1 fully saturated rings. The van der Waals surface area contributed by atoms with Crippen LogP contribution in [0.2, 0.25) is 0 Å². The number of β-amino-alcohol motifs (C(OH)–C–C–N with tert-alkyl or cyclic N) is 1. The number of aliphatic hydroxyl groups excluding tert-OH is 1. The van der Waals surface area contributed by atoms with Gasteiger partial charge in [0.2, 0.25) is 5.91 Å². The van der Waals surface area contributed by atoms with E-state index in [0.717, 1.165) is 16.7 Å². The minimum absolute atomic E-state index is 0.0468. The van der Waals surface area contributed by atoms with Gasteiger partial charge in [-0.2, -0.15) is 0 Å². The molecule has 2 aliphatic rings. The molecule has 5 rings (SSSR count). The second kappa shape index (κ2) is 9.66. The summed E-state index contributed by atoms with van der Waals surface area (Å²) in [6, 6.07) is 12.0. The Morgan fingerprint density at radius 3 is 2.61 bits per heavy atom. The number of pyridine rings is 1. The van der Waals surface area contributed by atoms with Gasteiger partial charge in [0.15, 0.2) is 6.04 Å². The third-order valence-electron chi connectivity index (χ3n) is 6.75. The molecule has 0 saturated carbocycles. The number of nitrogens with zero attached hydrogens (tertiary/aromatic N) is 4. The highest BCUT2D eigenvalue weighted by atomic mass is 16.5. The lowest BCUT2D eigenvalue weighted by Crippen LogP contribution is -2.47. The molecule has 1 saturated heterocycles. The van der Waals surface area contributed by atoms with Crippen LogP contribution >= 0.6 is 0 Å². The minimum atomic E-state index is -0.713.